The van der Waals surface area contributed by atoms with Crippen LogP contribution in [0.15, 0.2) is 18.2 Å². The monoisotopic (exact) mass is 217 g/mol. The second kappa shape index (κ2) is 4.32. The molecule has 1 atom stereocenters. The molecular weight excluding hydrogens is 205 g/mol. The van der Waals surface area contributed by atoms with Gasteiger partial charge in [-0.15, -0.1) is 12.4 Å². The highest BCUT2D eigenvalue weighted by atomic mass is 35.5. The summed E-state index contributed by atoms with van der Waals surface area (Å²) in [6.45, 7) is 0. The minimum Gasteiger partial charge on any atom is -0.324 e. The van der Waals surface area contributed by atoms with Crippen molar-refractivity contribution < 1.29 is 0 Å². The van der Waals surface area contributed by atoms with Crippen LogP contribution in [0.3, 0.4) is 0 Å². The molecule has 3 heteroatoms. The van der Waals surface area contributed by atoms with Gasteiger partial charge in [0.15, 0.2) is 0 Å². The van der Waals surface area contributed by atoms with Gasteiger partial charge < -0.3 is 5.73 Å². The smallest absolute Gasteiger partial charge is 0.0409 e. The van der Waals surface area contributed by atoms with E-state index in [-0.39, 0.29) is 18.4 Å². The first-order chi connectivity index (χ1) is 5.77. The number of hydrogen-bond donors (Lipinski definition) is 1. The molecule has 0 aromatic heterocycles. The summed E-state index contributed by atoms with van der Waals surface area (Å²) in [5.41, 5.74) is 8.57. The Hall–Kier alpha value is -0.240. The number of halogens is 2. The lowest BCUT2D eigenvalue weighted by atomic mass is 9.88. The van der Waals surface area contributed by atoms with Crippen LogP contribution in [0.2, 0.25) is 5.02 Å². The van der Waals surface area contributed by atoms with Crippen molar-refractivity contribution in [3.63, 3.8) is 0 Å². The Bertz CT molecular complexity index is 299. The van der Waals surface area contributed by atoms with Crippen LogP contribution >= 0.6 is 24.0 Å². The molecule has 0 spiro atoms. The van der Waals surface area contributed by atoms with Crippen LogP contribution in [0, 0.1) is 0 Å². The van der Waals surface area contributed by atoms with Gasteiger partial charge in [0.1, 0.15) is 0 Å². The molecule has 0 fully saturated rings. The van der Waals surface area contributed by atoms with Gasteiger partial charge in [-0.2, -0.15) is 0 Å². The lowest BCUT2D eigenvalue weighted by Crippen LogP contribution is -2.17. The fourth-order valence-electron chi connectivity index (χ4n) is 1.81. The molecule has 1 aliphatic carbocycles. The standard InChI is InChI=1S/C10H12ClN.ClH/c11-8-5-4-7-2-1-3-10(12)9(7)6-8;/h4-6,10H,1-3,12H2;1H/t10-;/m0./s1. The maximum atomic E-state index is 5.96. The Morgan fingerprint density at radius 2 is 2.15 bits per heavy atom. The largest absolute Gasteiger partial charge is 0.324 e. The van der Waals surface area contributed by atoms with Crippen LogP contribution < -0.4 is 5.73 Å². The van der Waals surface area contributed by atoms with Gasteiger partial charge in [0.25, 0.3) is 0 Å². The summed E-state index contributed by atoms with van der Waals surface area (Å²) in [5, 5.41) is 0.797. The van der Waals surface area contributed by atoms with E-state index in [0.29, 0.717) is 0 Å². The van der Waals surface area contributed by atoms with Gasteiger partial charge in [-0.1, -0.05) is 17.7 Å². The summed E-state index contributed by atoms with van der Waals surface area (Å²) in [6, 6.07) is 6.24. The van der Waals surface area contributed by atoms with Crippen LogP contribution in [0.4, 0.5) is 0 Å². The Morgan fingerprint density at radius 3 is 2.92 bits per heavy atom. The molecule has 72 valence electrons. The summed E-state index contributed by atoms with van der Waals surface area (Å²) in [4.78, 5) is 0. The number of fused-ring (bicyclic) bond motifs is 1. The maximum absolute atomic E-state index is 5.96. The molecule has 0 unspecified atom stereocenters. The quantitative estimate of drug-likeness (QED) is 0.711. The van der Waals surface area contributed by atoms with Crippen LogP contribution in [-0.2, 0) is 6.42 Å². The highest BCUT2D eigenvalue weighted by Gasteiger charge is 2.16. The molecule has 0 aliphatic heterocycles. The SMILES string of the molecule is Cl.N[C@H]1CCCc2ccc(Cl)cc21. The molecule has 13 heavy (non-hydrogen) atoms. The summed E-state index contributed by atoms with van der Waals surface area (Å²) in [5.74, 6) is 0. The highest BCUT2D eigenvalue weighted by molar-refractivity contribution is 6.30. The molecule has 0 amide bonds. The van der Waals surface area contributed by atoms with E-state index < -0.39 is 0 Å². The minimum absolute atomic E-state index is 0. The first kappa shape index (κ1) is 10.8. The van der Waals surface area contributed by atoms with E-state index in [9.17, 15) is 0 Å². The van der Waals surface area contributed by atoms with Gasteiger partial charge in [0, 0.05) is 11.1 Å². The Labute approximate surface area is 89.7 Å². The van der Waals surface area contributed by atoms with E-state index >= 15 is 0 Å². The lowest BCUT2D eigenvalue weighted by molar-refractivity contribution is 0.570. The van der Waals surface area contributed by atoms with E-state index in [0.717, 1.165) is 17.9 Å². The van der Waals surface area contributed by atoms with Crippen molar-refractivity contribution in [1.29, 1.82) is 0 Å². The Morgan fingerprint density at radius 1 is 1.38 bits per heavy atom. The normalized spacial score (nSPS) is 20.3. The van der Waals surface area contributed by atoms with Crippen LogP contribution in [0.5, 0.6) is 0 Å². The predicted molar refractivity (Wildman–Crippen MR) is 58.6 cm³/mol. The van der Waals surface area contributed by atoms with Crippen molar-refractivity contribution in [3.05, 3.63) is 34.3 Å². The second-order valence-electron chi connectivity index (χ2n) is 3.34. The van der Waals surface area contributed by atoms with Gasteiger partial charge in [-0.3, -0.25) is 0 Å². The van der Waals surface area contributed by atoms with Gasteiger partial charge in [-0.05, 0) is 42.5 Å². The van der Waals surface area contributed by atoms with Crippen molar-refractivity contribution in [1.82, 2.24) is 0 Å². The van der Waals surface area contributed by atoms with Crippen molar-refractivity contribution in [2.75, 3.05) is 0 Å². The van der Waals surface area contributed by atoms with Crippen LogP contribution in [0.25, 0.3) is 0 Å². The average Bonchev–Trinajstić information content (AvgIpc) is 2.07. The molecule has 1 aromatic rings. The molecule has 2 N–H and O–H groups in total. The summed E-state index contributed by atoms with van der Waals surface area (Å²) < 4.78 is 0. The molecule has 0 heterocycles. The number of hydrogen-bond acceptors (Lipinski definition) is 1. The second-order valence-corrected chi connectivity index (χ2v) is 3.78. The maximum Gasteiger partial charge on any atom is 0.0409 e. The average molecular weight is 218 g/mol. The van der Waals surface area contributed by atoms with E-state index in [1.807, 2.05) is 12.1 Å². The number of rotatable bonds is 0. The number of nitrogens with two attached hydrogens (primary N) is 1. The third kappa shape index (κ3) is 2.16. The zero-order valence-corrected chi connectivity index (χ0v) is 8.87. The lowest BCUT2D eigenvalue weighted by Gasteiger charge is -2.21. The fourth-order valence-corrected chi connectivity index (χ4v) is 1.99. The fraction of sp³-hybridized carbons (Fsp3) is 0.400. The molecule has 0 radical (unpaired) electrons. The van der Waals surface area contributed by atoms with Crippen molar-refractivity contribution in [2.45, 2.75) is 25.3 Å². The van der Waals surface area contributed by atoms with Crippen molar-refractivity contribution >= 4 is 24.0 Å². The topological polar surface area (TPSA) is 26.0 Å². The number of aryl methyl sites for hydroxylation is 1. The summed E-state index contributed by atoms with van der Waals surface area (Å²) in [6.07, 6.45) is 3.45. The van der Waals surface area contributed by atoms with E-state index in [4.69, 9.17) is 17.3 Å². The zero-order valence-electron chi connectivity index (χ0n) is 7.29. The first-order valence-corrected chi connectivity index (χ1v) is 4.69. The highest BCUT2D eigenvalue weighted by Crippen LogP contribution is 2.29. The van der Waals surface area contributed by atoms with Gasteiger partial charge in [0.05, 0.1) is 0 Å². The Balaban J connectivity index is 0.000000845. The molecule has 1 aromatic carbocycles. The van der Waals surface area contributed by atoms with E-state index in [1.54, 1.807) is 0 Å². The molecule has 0 bridgehead atoms. The van der Waals surface area contributed by atoms with Gasteiger partial charge in [-0.25, -0.2) is 0 Å². The van der Waals surface area contributed by atoms with E-state index in [1.165, 1.54) is 17.5 Å². The third-order valence-electron chi connectivity index (χ3n) is 2.47. The molecule has 1 aliphatic rings. The van der Waals surface area contributed by atoms with Gasteiger partial charge in [0.2, 0.25) is 0 Å². The minimum atomic E-state index is 0. The van der Waals surface area contributed by atoms with Gasteiger partial charge >= 0.3 is 0 Å². The van der Waals surface area contributed by atoms with E-state index in [2.05, 4.69) is 6.07 Å². The molecule has 0 saturated carbocycles. The van der Waals surface area contributed by atoms with Crippen LogP contribution in [0.1, 0.15) is 30.0 Å². The summed E-state index contributed by atoms with van der Waals surface area (Å²) >= 11 is 5.89. The molecule has 1 nitrogen and oxygen atoms in total. The molecule has 0 saturated heterocycles. The zero-order chi connectivity index (χ0) is 8.55. The first-order valence-electron chi connectivity index (χ1n) is 4.31. The van der Waals surface area contributed by atoms with Crippen molar-refractivity contribution in [2.24, 2.45) is 5.73 Å². The van der Waals surface area contributed by atoms with Crippen molar-refractivity contribution in [3.8, 4) is 0 Å². The summed E-state index contributed by atoms with van der Waals surface area (Å²) in [7, 11) is 0. The number of benzene rings is 1. The predicted octanol–water partition coefficient (Wildman–Crippen LogP) is 3.10. The third-order valence-corrected chi connectivity index (χ3v) is 2.70. The molecule has 2 rings (SSSR count). The van der Waals surface area contributed by atoms with Crippen LogP contribution in [-0.4, -0.2) is 0 Å². The Kier molecular flexibility index (Phi) is 3.60. The molecular formula is C10H13Cl2N.